The highest BCUT2D eigenvalue weighted by Gasteiger charge is 2.69. The predicted molar refractivity (Wildman–Crippen MR) is 210 cm³/mol. The molecule has 1 saturated heterocycles. The molecule has 0 bridgehead atoms. The summed E-state index contributed by atoms with van der Waals surface area (Å²) in [4.78, 5) is 18.4. The van der Waals surface area contributed by atoms with Crippen molar-refractivity contribution in [3.8, 4) is 23.0 Å². The molecule has 1 unspecified atom stereocenters. The van der Waals surface area contributed by atoms with Gasteiger partial charge in [-0.25, -0.2) is 40.3 Å². The monoisotopic (exact) mass is 1040 g/mol. The van der Waals surface area contributed by atoms with Gasteiger partial charge in [0.1, 0.15) is 68.1 Å². The first-order valence-corrected chi connectivity index (χ1v) is 23.7. The number of ether oxygens (including phenoxy) is 6. The highest BCUT2D eigenvalue weighted by Crippen LogP contribution is 3.03. The molecule has 8 nitrogen and oxygen atoms in total. The SMILES string of the molecule is CCC1COC(C(CCCCOc2cc(F)c(C(=O)Oc3ccc(S(F)(F)(F)(F)F)c(F)c3)c(F)c2)CCCCOc2cc(F)c(C(=O)Oc3cc(F)c(S(F)(F)(F)(F)F)c(F)c3)c(F)c2)OC1. The Hall–Kier alpha value is -5.15. The molecule has 1 aliphatic heterocycles. The summed E-state index contributed by atoms with van der Waals surface area (Å²) in [6, 6.07) is 1.02. The summed E-state index contributed by atoms with van der Waals surface area (Å²) >= 11 is 0. The van der Waals surface area contributed by atoms with Gasteiger partial charge in [-0.05, 0) is 57.1 Å². The summed E-state index contributed by atoms with van der Waals surface area (Å²) in [6.45, 7) is 2.52. The molecular weight excluding hydrogens is 1010 g/mol. The van der Waals surface area contributed by atoms with Crippen molar-refractivity contribution in [2.24, 2.45) is 11.8 Å². The Labute approximate surface area is 375 Å². The van der Waals surface area contributed by atoms with Crippen LogP contribution in [0.1, 0.15) is 72.6 Å². The van der Waals surface area contributed by atoms with Crippen LogP contribution in [-0.4, -0.2) is 44.7 Å². The maximum Gasteiger partial charge on any atom is 0.349 e. The summed E-state index contributed by atoms with van der Waals surface area (Å²) < 4.78 is 262. The van der Waals surface area contributed by atoms with Gasteiger partial charge >= 0.3 is 32.4 Å². The number of rotatable bonds is 20. The van der Waals surface area contributed by atoms with Gasteiger partial charge in [-0.1, -0.05) is 45.8 Å². The Morgan fingerprint density at radius 2 is 0.941 bits per heavy atom. The minimum atomic E-state index is -10.9. The average Bonchev–Trinajstić information content (AvgIpc) is 3.17. The molecule has 0 N–H and O–H groups in total. The molecule has 0 aromatic heterocycles. The van der Waals surface area contributed by atoms with Crippen LogP contribution in [0, 0.1) is 52.6 Å². The second-order valence-electron chi connectivity index (χ2n) is 15.3. The van der Waals surface area contributed by atoms with E-state index in [1.807, 2.05) is 6.92 Å². The number of esters is 2. The Kier molecular flexibility index (Phi) is 14.7. The third-order valence-electron chi connectivity index (χ3n) is 9.97. The fourth-order valence-corrected chi connectivity index (χ4v) is 8.28. The highest BCUT2D eigenvalue weighted by atomic mass is 32.5. The van der Waals surface area contributed by atoms with Crippen LogP contribution in [-0.2, 0) is 9.47 Å². The van der Waals surface area contributed by atoms with Crippen molar-refractivity contribution in [1.82, 2.24) is 0 Å². The first-order chi connectivity index (χ1) is 31.1. The molecule has 0 amide bonds. The lowest BCUT2D eigenvalue weighted by molar-refractivity contribution is -0.227. The van der Waals surface area contributed by atoms with Gasteiger partial charge < -0.3 is 28.4 Å². The van der Waals surface area contributed by atoms with E-state index in [2.05, 4.69) is 9.47 Å². The van der Waals surface area contributed by atoms with Crippen LogP contribution in [0.3, 0.4) is 0 Å². The number of carbonyl (C=O) groups is 2. The lowest BCUT2D eigenvalue weighted by Crippen LogP contribution is -2.37. The van der Waals surface area contributed by atoms with Crippen molar-refractivity contribution in [2.75, 3.05) is 26.4 Å². The second-order valence-corrected chi connectivity index (χ2v) is 20.0. The minimum absolute atomic E-state index is 0.108. The van der Waals surface area contributed by atoms with Crippen LogP contribution in [0.15, 0.2) is 64.4 Å². The average molecular weight is 1040 g/mol. The number of carbonyl (C=O) groups excluding carboxylic acids is 2. The number of benzene rings is 4. The molecule has 1 aliphatic rings. The zero-order valence-corrected chi connectivity index (χ0v) is 36.3. The summed E-state index contributed by atoms with van der Waals surface area (Å²) in [5.74, 6) is -21.7. The van der Waals surface area contributed by atoms with Gasteiger partial charge in [-0.3, -0.25) is 0 Å². The Morgan fingerprint density at radius 1 is 0.544 bits per heavy atom. The lowest BCUT2D eigenvalue weighted by Gasteiger charge is -2.40. The standard InChI is InChI=1S/C41H37F17O8S2/c1-2-22-20-63-41(64-21-22)23(7-3-5-11-61-25-14-29(43)36(30(44)15-25)39(59)65-24-9-10-35(28(42)13-24)67(49,50,51,52)53)8-4-6-12-62-26-16-31(45)37(32(46)17-26)40(60)66-27-18-33(47)38(34(48)19-27)68(54,55,56,57)58/h9-10,13-19,22-23,41H,2-8,11-12,20-21H2,1H3. The van der Waals surface area contributed by atoms with Gasteiger partial charge in [-0.15, -0.1) is 0 Å². The molecule has 380 valence electrons. The van der Waals surface area contributed by atoms with E-state index in [1.54, 1.807) is 0 Å². The van der Waals surface area contributed by atoms with E-state index in [4.69, 9.17) is 18.9 Å². The van der Waals surface area contributed by atoms with E-state index in [1.165, 1.54) is 0 Å². The molecule has 0 spiro atoms. The Bertz CT molecular complexity index is 2470. The number of unbranched alkanes of at least 4 members (excludes halogenated alkanes) is 2. The van der Waals surface area contributed by atoms with Gasteiger partial charge in [0.15, 0.2) is 22.8 Å². The van der Waals surface area contributed by atoms with E-state index in [0.29, 0.717) is 69.6 Å². The van der Waals surface area contributed by atoms with Crippen LogP contribution in [0.4, 0.5) is 69.6 Å². The summed E-state index contributed by atoms with van der Waals surface area (Å²) in [7, 11) is -21.3. The minimum Gasteiger partial charge on any atom is -0.493 e. The molecule has 1 heterocycles. The molecule has 4 aromatic rings. The molecule has 0 radical (unpaired) electrons. The first-order valence-electron chi connectivity index (χ1n) is 19.8. The van der Waals surface area contributed by atoms with Crippen LogP contribution >= 0.6 is 20.4 Å². The van der Waals surface area contributed by atoms with Crippen molar-refractivity contribution in [3.63, 3.8) is 0 Å². The van der Waals surface area contributed by atoms with E-state index in [-0.39, 0.29) is 55.4 Å². The van der Waals surface area contributed by atoms with Gasteiger partial charge in [0.05, 0.1) is 26.4 Å². The maximum atomic E-state index is 14.8. The summed E-state index contributed by atoms with van der Waals surface area (Å²) in [5.41, 5.74) is -2.81. The molecule has 1 fully saturated rings. The smallest absolute Gasteiger partial charge is 0.349 e. The second kappa shape index (κ2) is 18.6. The Morgan fingerprint density at radius 3 is 1.32 bits per heavy atom. The largest absolute Gasteiger partial charge is 0.493 e. The lowest BCUT2D eigenvalue weighted by atomic mass is 9.94. The predicted octanol–water partition coefficient (Wildman–Crippen LogP) is 15.2. The van der Waals surface area contributed by atoms with Gasteiger partial charge in [0, 0.05) is 54.3 Å². The quantitative estimate of drug-likeness (QED) is 0.0374. The van der Waals surface area contributed by atoms with Crippen LogP contribution in [0.25, 0.3) is 0 Å². The zero-order chi connectivity index (χ0) is 50.7. The normalized spacial score (nSPS) is 18.1. The van der Waals surface area contributed by atoms with Crippen molar-refractivity contribution in [1.29, 1.82) is 0 Å². The number of hydrogen-bond donors (Lipinski definition) is 0. The van der Waals surface area contributed by atoms with Gasteiger partial charge in [0.2, 0.25) is 0 Å². The Balaban J connectivity index is 1.11. The fourth-order valence-electron chi connectivity index (χ4n) is 6.67. The zero-order valence-electron chi connectivity index (χ0n) is 34.7. The van der Waals surface area contributed by atoms with Crippen LogP contribution in [0.5, 0.6) is 23.0 Å². The molecule has 5 rings (SSSR count). The summed E-state index contributed by atoms with van der Waals surface area (Å²) in [6.07, 6.45) is 2.54. The van der Waals surface area contributed by atoms with Crippen LogP contribution in [0.2, 0.25) is 0 Å². The van der Waals surface area contributed by atoms with Crippen LogP contribution < -0.4 is 18.9 Å². The van der Waals surface area contributed by atoms with Crippen molar-refractivity contribution in [2.45, 2.75) is 68.0 Å². The highest BCUT2D eigenvalue weighted by molar-refractivity contribution is 8.46. The third-order valence-corrected chi connectivity index (χ3v) is 12.3. The first kappa shape index (κ1) is 53.8. The molecular formula is C41H37F17O8S2. The fraction of sp³-hybridized carbons (Fsp3) is 0.366. The number of hydrogen-bond acceptors (Lipinski definition) is 8. The van der Waals surface area contributed by atoms with Gasteiger partial charge in [-0.2, -0.15) is 0 Å². The van der Waals surface area contributed by atoms with E-state index in [0.717, 1.165) is 6.42 Å². The van der Waals surface area contributed by atoms with Crippen molar-refractivity contribution in [3.05, 3.63) is 106 Å². The van der Waals surface area contributed by atoms with Crippen molar-refractivity contribution >= 4 is 32.4 Å². The molecule has 27 heteroatoms. The summed E-state index contributed by atoms with van der Waals surface area (Å²) in [5, 5.41) is 0. The van der Waals surface area contributed by atoms with E-state index >= 15 is 0 Å². The molecule has 0 aliphatic carbocycles. The van der Waals surface area contributed by atoms with E-state index < -0.39 is 130 Å². The molecule has 0 saturated carbocycles. The molecule has 1 atom stereocenters. The van der Waals surface area contributed by atoms with Crippen molar-refractivity contribution < 1.29 is 108 Å². The molecule has 4 aromatic carbocycles. The topological polar surface area (TPSA) is 89.5 Å². The molecule has 68 heavy (non-hydrogen) atoms. The third kappa shape index (κ3) is 14.2. The number of halogens is 17. The van der Waals surface area contributed by atoms with Gasteiger partial charge in [0.25, 0.3) is 0 Å². The van der Waals surface area contributed by atoms with E-state index in [9.17, 15) is 79.2 Å². The maximum absolute atomic E-state index is 14.8.